The van der Waals surface area contributed by atoms with Crippen LogP contribution in [0, 0.1) is 13.8 Å². The van der Waals surface area contributed by atoms with Gasteiger partial charge in [-0.3, -0.25) is 4.68 Å². The fourth-order valence-corrected chi connectivity index (χ4v) is 4.40. The van der Waals surface area contributed by atoms with Crippen LogP contribution in [0.4, 0.5) is 0 Å². The summed E-state index contributed by atoms with van der Waals surface area (Å²) in [7, 11) is -3.23. The van der Waals surface area contributed by atoms with Gasteiger partial charge in [-0.1, -0.05) is 19.4 Å². The Balaban J connectivity index is 2.19. The van der Waals surface area contributed by atoms with Crippen LogP contribution in [0.15, 0.2) is 23.6 Å². The zero-order chi connectivity index (χ0) is 16.2. The number of nitrogens with one attached hydrogen (secondary N) is 1. The van der Waals surface area contributed by atoms with Crippen LogP contribution in [-0.2, 0) is 10.0 Å². The van der Waals surface area contributed by atoms with Crippen molar-refractivity contribution in [1.82, 2.24) is 14.5 Å². The predicted octanol–water partition coefficient (Wildman–Crippen LogP) is 2.87. The number of hydrogen-bond donors (Lipinski definition) is 1. The first-order valence-electron chi connectivity index (χ1n) is 7.46. The summed E-state index contributed by atoms with van der Waals surface area (Å²) in [5.74, 6) is 0.178. The molecular weight excluding hydrogens is 318 g/mol. The van der Waals surface area contributed by atoms with Crippen molar-refractivity contribution in [3.63, 3.8) is 0 Å². The molecule has 0 amide bonds. The fraction of sp³-hybridized carbons (Fsp3) is 0.533. The molecule has 1 N–H and O–H groups in total. The topological polar surface area (TPSA) is 64.0 Å². The highest BCUT2D eigenvalue weighted by molar-refractivity contribution is 7.89. The molecule has 0 fully saturated rings. The highest BCUT2D eigenvalue weighted by Crippen LogP contribution is 2.24. The van der Waals surface area contributed by atoms with Gasteiger partial charge in [0, 0.05) is 17.1 Å². The molecule has 7 heteroatoms. The third-order valence-corrected chi connectivity index (χ3v) is 5.88. The summed E-state index contributed by atoms with van der Waals surface area (Å²) < 4.78 is 28.7. The molecule has 1 atom stereocenters. The number of unbranched alkanes of at least 4 members (excludes halogenated alkanes) is 1. The molecular formula is C15H23N3O2S2. The minimum atomic E-state index is -3.23. The second-order valence-corrected chi connectivity index (χ2v) is 8.33. The lowest BCUT2D eigenvalue weighted by Gasteiger charge is -2.19. The lowest BCUT2D eigenvalue weighted by molar-refractivity contribution is 0.499. The van der Waals surface area contributed by atoms with E-state index in [1.165, 1.54) is 0 Å². The summed E-state index contributed by atoms with van der Waals surface area (Å²) in [5.41, 5.74) is 1.97. The molecule has 0 aliphatic carbocycles. The lowest BCUT2D eigenvalue weighted by atomic mass is 10.2. The average molecular weight is 342 g/mol. The number of rotatable bonds is 8. The van der Waals surface area contributed by atoms with Crippen LogP contribution < -0.4 is 4.72 Å². The minimum Gasteiger partial charge on any atom is -0.260 e. The van der Waals surface area contributed by atoms with E-state index >= 15 is 0 Å². The summed E-state index contributed by atoms with van der Waals surface area (Å²) >= 11 is 1.62. The van der Waals surface area contributed by atoms with Crippen molar-refractivity contribution >= 4 is 21.4 Å². The zero-order valence-corrected chi connectivity index (χ0v) is 14.9. The van der Waals surface area contributed by atoms with E-state index in [0.717, 1.165) is 22.7 Å². The van der Waals surface area contributed by atoms with Gasteiger partial charge in [-0.05, 0) is 37.8 Å². The standard InChI is InChI=1S/C15H23N3O2S2/c1-4-5-9-22(19,20)16-11-14(15-7-6-8-21-15)18-13(3)10-12(2)17-18/h6-8,10,14,16H,4-5,9,11H2,1-3H3. The molecule has 1 unspecified atom stereocenters. The first kappa shape index (κ1) is 17.2. The van der Waals surface area contributed by atoms with Gasteiger partial charge >= 0.3 is 0 Å². The molecule has 0 radical (unpaired) electrons. The molecule has 2 rings (SSSR count). The molecule has 2 heterocycles. The average Bonchev–Trinajstić information content (AvgIpc) is 3.08. The van der Waals surface area contributed by atoms with Crippen LogP contribution >= 0.6 is 11.3 Å². The van der Waals surface area contributed by atoms with E-state index in [4.69, 9.17) is 0 Å². The molecule has 0 aromatic carbocycles. The van der Waals surface area contributed by atoms with Crippen molar-refractivity contribution in [3.8, 4) is 0 Å². The number of aryl methyl sites for hydroxylation is 2. The van der Waals surface area contributed by atoms with E-state index in [-0.39, 0.29) is 11.8 Å². The highest BCUT2D eigenvalue weighted by atomic mass is 32.2. The van der Waals surface area contributed by atoms with Gasteiger partial charge in [0.2, 0.25) is 10.0 Å². The number of nitrogens with zero attached hydrogens (tertiary/aromatic N) is 2. The molecule has 22 heavy (non-hydrogen) atoms. The molecule has 122 valence electrons. The molecule has 0 bridgehead atoms. The summed E-state index contributed by atoms with van der Waals surface area (Å²) in [4.78, 5) is 1.10. The predicted molar refractivity (Wildman–Crippen MR) is 90.9 cm³/mol. The van der Waals surface area contributed by atoms with Crippen molar-refractivity contribution in [2.45, 2.75) is 39.7 Å². The third-order valence-electron chi connectivity index (χ3n) is 3.47. The molecule has 0 spiro atoms. The van der Waals surface area contributed by atoms with Crippen molar-refractivity contribution in [3.05, 3.63) is 39.8 Å². The van der Waals surface area contributed by atoms with E-state index in [2.05, 4.69) is 9.82 Å². The van der Waals surface area contributed by atoms with Crippen LogP contribution in [-0.4, -0.2) is 30.5 Å². The van der Waals surface area contributed by atoms with Gasteiger partial charge in [0.15, 0.2) is 0 Å². The largest absolute Gasteiger partial charge is 0.260 e. The van der Waals surface area contributed by atoms with E-state index < -0.39 is 10.0 Å². The number of sulfonamides is 1. The Hall–Kier alpha value is -1.18. The van der Waals surface area contributed by atoms with Crippen molar-refractivity contribution in [2.75, 3.05) is 12.3 Å². The van der Waals surface area contributed by atoms with Crippen LogP contribution in [0.3, 0.4) is 0 Å². The summed E-state index contributed by atoms with van der Waals surface area (Å²) in [5, 5.41) is 6.52. The van der Waals surface area contributed by atoms with Crippen LogP contribution in [0.5, 0.6) is 0 Å². The number of aromatic nitrogens is 2. The Kier molecular flexibility index (Phi) is 5.77. The molecule has 0 aliphatic rings. The molecule has 0 saturated carbocycles. The Morgan fingerprint density at radius 2 is 2.18 bits per heavy atom. The van der Waals surface area contributed by atoms with Gasteiger partial charge in [-0.2, -0.15) is 5.10 Å². The quantitative estimate of drug-likeness (QED) is 0.803. The maximum atomic E-state index is 12.0. The zero-order valence-electron chi connectivity index (χ0n) is 13.2. The first-order valence-corrected chi connectivity index (χ1v) is 9.99. The highest BCUT2D eigenvalue weighted by Gasteiger charge is 2.20. The molecule has 2 aromatic heterocycles. The Morgan fingerprint density at radius 1 is 1.41 bits per heavy atom. The number of thiophene rings is 1. The third kappa shape index (κ3) is 4.41. The Bertz CT molecular complexity index is 690. The van der Waals surface area contributed by atoms with Crippen molar-refractivity contribution < 1.29 is 8.42 Å². The van der Waals surface area contributed by atoms with Gasteiger partial charge in [0.25, 0.3) is 0 Å². The second kappa shape index (κ2) is 7.39. The monoisotopic (exact) mass is 341 g/mol. The van der Waals surface area contributed by atoms with Gasteiger partial charge in [0.1, 0.15) is 0 Å². The first-order chi connectivity index (χ1) is 10.4. The van der Waals surface area contributed by atoms with Crippen molar-refractivity contribution in [1.29, 1.82) is 0 Å². The fourth-order valence-electron chi connectivity index (χ4n) is 2.36. The second-order valence-electron chi connectivity index (χ2n) is 5.42. The molecule has 0 aliphatic heterocycles. The van der Waals surface area contributed by atoms with E-state index in [0.29, 0.717) is 13.0 Å². The van der Waals surface area contributed by atoms with Gasteiger partial charge in [-0.25, -0.2) is 13.1 Å². The van der Waals surface area contributed by atoms with Crippen LogP contribution in [0.25, 0.3) is 0 Å². The van der Waals surface area contributed by atoms with E-state index in [9.17, 15) is 8.42 Å². The van der Waals surface area contributed by atoms with Gasteiger partial charge < -0.3 is 0 Å². The molecule has 0 saturated heterocycles. The van der Waals surface area contributed by atoms with Crippen molar-refractivity contribution in [2.24, 2.45) is 0 Å². The summed E-state index contributed by atoms with van der Waals surface area (Å²) in [6, 6.07) is 5.90. The number of hydrogen-bond acceptors (Lipinski definition) is 4. The lowest BCUT2D eigenvalue weighted by Crippen LogP contribution is -2.33. The van der Waals surface area contributed by atoms with Gasteiger partial charge in [-0.15, -0.1) is 11.3 Å². The van der Waals surface area contributed by atoms with Gasteiger partial charge in [0.05, 0.1) is 17.5 Å². The SMILES string of the molecule is CCCCS(=O)(=O)NCC(c1cccs1)n1nc(C)cc1C. The minimum absolute atomic E-state index is 0.106. The summed E-state index contributed by atoms with van der Waals surface area (Å²) in [6.07, 6.45) is 1.55. The van der Waals surface area contributed by atoms with Crippen LogP contribution in [0.2, 0.25) is 0 Å². The Labute approximate surface area is 136 Å². The van der Waals surface area contributed by atoms with E-state index in [1.807, 2.05) is 49.0 Å². The van der Waals surface area contributed by atoms with E-state index in [1.54, 1.807) is 11.3 Å². The maximum Gasteiger partial charge on any atom is 0.211 e. The maximum absolute atomic E-state index is 12.0. The Morgan fingerprint density at radius 3 is 2.73 bits per heavy atom. The summed E-state index contributed by atoms with van der Waals surface area (Å²) in [6.45, 7) is 6.25. The normalized spacial score (nSPS) is 13.4. The molecule has 2 aromatic rings. The van der Waals surface area contributed by atoms with Crippen LogP contribution in [0.1, 0.15) is 42.1 Å². The molecule has 5 nitrogen and oxygen atoms in total. The smallest absolute Gasteiger partial charge is 0.211 e.